The third-order valence-electron chi connectivity index (χ3n) is 2.35. The lowest BCUT2D eigenvalue weighted by Gasteiger charge is -2.14. The second kappa shape index (κ2) is 5.56. The molecule has 0 fully saturated rings. The highest BCUT2D eigenvalue weighted by atomic mass is 19.1. The Bertz CT molecular complexity index is 313. The highest BCUT2D eigenvalue weighted by molar-refractivity contribution is 5.44. The van der Waals surface area contributed by atoms with E-state index in [1.165, 1.54) is 0 Å². The summed E-state index contributed by atoms with van der Waals surface area (Å²) in [6, 6.07) is 5.32. The fourth-order valence-corrected chi connectivity index (χ4v) is 1.39. The Labute approximate surface area is 89.0 Å². The van der Waals surface area contributed by atoms with E-state index < -0.39 is 6.67 Å². The summed E-state index contributed by atoms with van der Waals surface area (Å²) in [7, 11) is 3.11. The van der Waals surface area contributed by atoms with Crippen molar-refractivity contribution in [3.63, 3.8) is 0 Å². The van der Waals surface area contributed by atoms with Gasteiger partial charge in [0.15, 0.2) is 11.5 Å². The zero-order valence-corrected chi connectivity index (χ0v) is 9.00. The fourth-order valence-electron chi connectivity index (χ4n) is 1.39. The van der Waals surface area contributed by atoms with E-state index in [1.807, 2.05) is 0 Å². The first-order valence-corrected chi connectivity index (χ1v) is 4.74. The minimum absolute atomic E-state index is 0.273. The van der Waals surface area contributed by atoms with Gasteiger partial charge in [0.25, 0.3) is 0 Å². The molecule has 15 heavy (non-hydrogen) atoms. The van der Waals surface area contributed by atoms with E-state index in [9.17, 15) is 4.39 Å². The van der Waals surface area contributed by atoms with Gasteiger partial charge in [0, 0.05) is 12.5 Å². The van der Waals surface area contributed by atoms with Gasteiger partial charge in [-0.05, 0) is 17.7 Å². The Morgan fingerprint density at radius 3 is 2.40 bits per heavy atom. The number of hydrogen-bond donors (Lipinski definition) is 1. The summed E-state index contributed by atoms with van der Waals surface area (Å²) in [6.45, 7) is -0.183. The van der Waals surface area contributed by atoms with Crippen LogP contribution in [0.2, 0.25) is 0 Å². The van der Waals surface area contributed by atoms with Crippen molar-refractivity contribution in [1.82, 2.24) is 0 Å². The predicted octanol–water partition coefficient (Wildman–Crippen LogP) is 1.72. The third kappa shape index (κ3) is 2.59. The molecule has 0 aliphatic carbocycles. The Balaban J connectivity index is 3.01. The maximum Gasteiger partial charge on any atom is 0.160 e. The lowest BCUT2D eigenvalue weighted by Crippen LogP contribution is -2.14. The number of benzene rings is 1. The van der Waals surface area contributed by atoms with Crippen LogP contribution in [0.25, 0.3) is 0 Å². The average Bonchev–Trinajstić information content (AvgIpc) is 2.30. The molecule has 0 aliphatic heterocycles. The standard InChI is InChI=1S/C11H16FNO2/c1-14-10-4-3-8(5-11(10)15-2)9(6-12)7-13/h3-5,9H,6-7,13H2,1-2H3. The van der Waals surface area contributed by atoms with Crippen molar-refractivity contribution in [1.29, 1.82) is 0 Å². The van der Waals surface area contributed by atoms with Crippen LogP contribution in [0.3, 0.4) is 0 Å². The molecule has 0 saturated heterocycles. The first kappa shape index (κ1) is 11.8. The second-order valence-corrected chi connectivity index (χ2v) is 3.20. The molecule has 0 aliphatic rings. The zero-order valence-electron chi connectivity index (χ0n) is 9.00. The van der Waals surface area contributed by atoms with Crippen molar-refractivity contribution in [2.45, 2.75) is 5.92 Å². The van der Waals surface area contributed by atoms with E-state index in [0.29, 0.717) is 11.5 Å². The molecule has 1 aromatic carbocycles. The van der Waals surface area contributed by atoms with Crippen molar-refractivity contribution in [3.8, 4) is 11.5 Å². The lowest BCUT2D eigenvalue weighted by molar-refractivity contribution is 0.353. The summed E-state index contributed by atoms with van der Waals surface area (Å²) >= 11 is 0. The normalized spacial score (nSPS) is 12.3. The second-order valence-electron chi connectivity index (χ2n) is 3.20. The molecule has 1 atom stereocenters. The number of methoxy groups -OCH3 is 2. The van der Waals surface area contributed by atoms with Gasteiger partial charge in [-0.25, -0.2) is 0 Å². The van der Waals surface area contributed by atoms with Crippen LogP contribution in [0, 0.1) is 0 Å². The zero-order chi connectivity index (χ0) is 11.3. The van der Waals surface area contributed by atoms with Gasteiger partial charge in [-0.15, -0.1) is 0 Å². The predicted molar refractivity (Wildman–Crippen MR) is 57.3 cm³/mol. The van der Waals surface area contributed by atoms with Crippen molar-refractivity contribution < 1.29 is 13.9 Å². The molecule has 2 N–H and O–H groups in total. The molecular formula is C11H16FNO2. The molecule has 0 bridgehead atoms. The summed E-state index contributed by atoms with van der Waals surface area (Å²) in [5, 5.41) is 0. The summed E-state index contributed by atoms with van der Waals surface area (Å²) < 4.78 is 22.8. The van der Waals surface area contributed by atoms with Crippen LogP contribution in [-0.4, -0.2) is 27.4 Å². The molecule has 3 nitrogen and oxygen atoms in total. The van der Waals surface area contributed by atoms with Gasteiger partial charge in [0.2, 0.25) is 0 Å². The smallest absolute Gasteiger partial charge is 0.160 e. The van der Waals surface area contributed by atoms with E-state index in [2.05, 4.69) is 0 Å². The molecule has 1 rings (SSSR count). The maximum absolute atomic E-state index is 12.6. The molecule has 84 valence electrons. The molecule has 0 amide bonds. The summed E-state index contributed by atoms with van der Waals surface area (Å²) in [4.78, 5) is 0. The van der Waals surface area contributed by atoms with Crippen molar-refractivity contribution in [3.05, 3.63) is 23.8 Å². The van der Waals surface area contributed by atoms with Crippen LogP contribution in [0.5, 0.6) is 11.5 Å². The highest BCUT2D eigenvalue weighted by Gasteiger charge is 2.12. The van der Waals surface area contributed by atoms with E-state index in [-0.39, 0.29) is 12.5 Å². The molecule has 0 aromatic heterocycles. The van der Waals surface area contributed by atoms with Crippen LogP contribution >= 0.6 is 0 Å². The first-order valence-electron chi connectivity index (χ1n) is 4.74. The summed E-state index contributed by atoms with van der Waals surface area (Å²) in [5.41, 5.74) is 6.30. The fraction of sp³-hybridized carbons (Fsp3) is 0.455. The van der Waals surface area contributed by atoms with Gasteiger partial charge in [0.05, 0.1) is 20.9 Å². The minimum Gasteiger partial charge on any atom is -0.493 e. The molecule has 0 spiro atoms. The van der Waals surface area contributed by atoms with Crippen LogP contribution in [0.1, 0.15) is 11.5 Å². The quantitative estimate of drug-likeness (QED) is 0.809. The van der Waals surface area contributed by atoms with Gasteiger partial charge in [0.1, 0.15) is 0 Å². The van der Waals surface area contributed by atoms with Crippen molar-refractivity contribution in [2.75, 3.05) is 27.4 Å². The van der Waals surface area contributed by atoms with Gasteiger partial charge in [-0.2, -0.15) is 0 Å². The topological polar surface area (TPSA) is 44.5 Å². The summed E-state index contributed by atoms with van der Waals surface area (Å²) in [6.07, 6.45) is 0. The van der Waals surface area contributed by atoms with Crippen molar-refractivity contribution >= 4 is 0 Å². The molecule has 1 aromatic rings. The number of ether oxygens (including phenoxy) is 2. The van der Waals surface area contributed by atoms with Crippen molar-refractivity contribution in [2.24, 2.45) is 5.73 Å². The van der Waals surface area contributed by atoms with Gasteiger partial charge in [-0.1, -0.05) is 6.07 Å². The maximum atomic E-state index is 12.6. The van der Waals surface area contributed by atoms with E-state index >= 15 is 0 Å². The minimum atomic E-state index is -0.466. The van der Waals surface area contributed by atoms with Gasteiger partial charge in [-0.3, -0.25) is 4.39 Å². The van der Waals surface area contributed by atoms with Crippen LogP contribution in [-0.2, 0) is 0 Å². The van der Waals surface area contributed by atoms with E-state index in [0.717, 1.165) is 5.56 Å². The van der Waals surface area contributed by atoms with Gasteiger partial charge >= 0.3 is 0 Å². The molecule has 0 radical (unpaired) electrons. The molecule has 0 saturated carbocycles. The molecule has 0 heterocycles. The number of hydrogen-bond acceptors (Lipinski definition) is 3. The van der Waals surface area contributed by atoms with Crippen LogP contribution < -0.4 is 15.2 Å². The third-order valence-corrected chi connectivity index (χ3v) is 2.35. The number of halogens is 1. The lowest BCUT2D eigenvalue weighted by atomic mass is 10.0. The van der Waals surface area contributed by atoms with Gasteiger partial charge < -0.3 is 15.2 Å². The monoisotopic (exact) mass is 213 g/mol. The largest absolute Gasteiger partial charge is 0.493 e. The highest BCUT2D eigenvalue weighted by Crippen LogP contribution is 2.30. The Morgan fingerprint density at radius 1 is 1.27 bits per heavy atom. The molecule has 1 unspecified atom stereocenters. The molecule has 4 heteroatoms. The van der Waals surface area contributed by atoms with E-state index in [1.54, 1.807) is 32.4 Å². The number of rotatable bonds is 5. The van der Waals surface area contributed by atoms with Crippen LogP contribution in [0.4, 0.5) is 4.39 Å². The number of nitrogens with two attached hydrogens (primary N) is 1. The Morgan fingerprint density at radius 2 is 1.93 bits per heavy atom. The Kier molecular flexibility index (Phi) is 4.37. The average molecular weight is 213 g/mol. The van der Waals surface area contributed by atoms with Crippen LogP contribution in [0.15, 0.2) is 18.2 Å². The molecular weight excluding hydrogens is 197 g/mol. The number of alkyl halides is 1. The summed E-state index contributed by atoms with van der Waals surface area (Å²) in [5.74, 6) is 0.961. The Hall–Kier alpha value is -1.29. The van der Waals surface area contributed by atoms with E-state index in [4.69, 9.17) is 15.2 Å². The SMILES string of the molecule is COc1ccc(C(CN)CF)cc1OC. The first-order chi connectivity index (χ1) is 7.26.